The van der Waals surface area contributed by atoms with Gasteiger partial charge in [-0.25, -0.2) is 0 Å². The first-order valence-corrected chi connectivity index (χ1v) is 13.8. The number of fused-ring (bicyclic) bond motifs is 1. The highest BCUT2D eigenvalue weighted by molar-refractivity contribution is 5.96. The molecule has 5 nitrogen and oxygen atoms in total. The number of rotatable bonds is 13. The summed E-state index contributed by atoms with van der Waals surface area (Å²) in [6.45, 7) is 13.6. The van der Waals surface area contributed by atoms with Crippen molar-refractivity contribution in [3.63, 3.8) is 0 Å². The van der Waals surface area contributed by atoms with Crippen LogP contribution in [0.4, 0.5) is 5.69 Å². The van der Waals surface area contributed by atoms with Gasteiger partial charge in [-0.05, 0) is 78.5 Å². The number of amides is 1. The van der Waals surface area contributed by atoms with Crippen LogP contribution in [0.3, 0.4) is 0 Å². The molecule has 0 aliphatic carbocycles. The fraction of sp³-hybridized carbons (Fsp3) is 0.581. The molecule has 36 heavy (non-hydrogen) atoms. The summed E-state index contributed by atoms with van der Waals surface area (Å²) in [5.74, 6) is -0.259. The van der Waals surface area contributed by atoms with E-state index in [0.29, 0.717) is 12.1 Å². The molecule has 1 aliphatic rings. The third-order valence-corrected chi connectivity index (χ3v) is 7.80. The van der Waals surface area contributed by atoms with Crippen LogP contribution in [-0.2, 0) is 19.4 Å². The summed E-state index contributed by atoms with van der Waals surface area (Å²) in [7, 11) is 0. The summed E-state index contributed by atoms with van der Waals surface area (Å²) in [5, 5.41) is 23.3. The van der Waals surface area contributed by atoms with E-state index in [4.69, 9.17) is 0 Å². The standard InChI is InChI=1S/C31H46N2O3/c1-6-7-8-9-10-13-17-33-18-16-24-22(2)27(20-34)23(3)26(29(24)33)19-31(4,5)21-32-30(36)25-14-11-12-15-28(25)35/h11-12,14-15,34-35H,6-10,13,16-21H2,1-5H3,(H,32,36). The van der Waals surface area contributed by atoms with Crippen LogP contribution in [0.1, 0.15) is 97.5 Å². The number of para-hydroxylation sites is 1. The van der Waals surface area contributed by atoms with Gasteiger partial charge < -0.3 is 20.4 Å². The number of unbranched alkanes of at least 4 members (excludes halogenated alkanes) is 5. The normalized spacial score (nSPS) is 13.2. The molecule has 0 saturated carbocycles. The highest BCUT2D eigenvalue weighted by atomic mass is 16.3. The summed E-state index contributed by atoms with van der Waals surface area (Å²) in [6, 6.07) is 6.65. The van der Waals surface area contributed by atoms with Crippen LogP contribution in [-0.4, -0.2) is 35.8 Å². The number of aliphatic hydroxyl groups excluding tert-OH is 1. The third-order valence-electron chi connectivity index (χ3n) is 7.80. The van der Waals surface area contributed by atoms with E-state index in [9.17, 15) is 15.0 Å². The van der Waals surface area contributed by atoms with Crippen LogP contribution in [0.15, 0.2) is 24.3 Å². The van der Waals surface area contributed by atoms with Gasteiger partial charge in [0.05, 0.1) is 12.2 Å². The van der Waals surface area contributed by atoms with Gasteiger partial charge in [0.2, 0.25) is 0 Å². The third kappa shape index (κ3) is 6.61. The van der Waals surface area contributed by atoms with Crippen molar-refractivity contribution in [2.24, 2.45) is 5.41 Å². The lowest BCUT2D eigenvalue weighted by atomic mass is 9.80. The minimum atomic E-state index is -0.257. The second kappa shape index (κ2) is 12.6. The van der Waals surface area contributed by atoms with Gasteiger partial charge in [0.1, 0.15) is 5.75 Å². The SMILES string of the molecule is CCCCCCCCN1CCc2c(C)c(CO)c(C)c(CC(C)(C)CNC(=O)c3ccccc3O)c21. The predicted octanol–water partition coefficient (Wildman–Crippen LogP) is 6.22. The van der Waals surface area contributed by atoms with E-state index >= 15 is 0 Å². The number of nitrogens with one attached hydrogen (secondary N) is 1. The van der Waals surface area contributed by atoms with Gasteiger partial charge in [-0.2, -0.15) is 0 Å². The number of benzene rings is 2. The summed E-state index contributed by atoms with van der Waals surface area (Å²) in [4.78, 5) is 15.3. The predicted molar refractivity (Wildman–Crippen MR) is 149 cm³/mol. The zero-order chi connectivity index (χ0) is 26.3. The van der Waals surface area contributed by atoms with Crippen molar-refractivity contribution >= 4 is 11.6 Å². The molecule has 1 aliphatic heterocycles. The lowest BCUT2D eigenvalue weighted by Gasteiger charge is -2.31. The van der Waals surface area contributed by atoms with Gasteiger partial charge in [-0.3, -0.25) is 4.79 Å². The molecule has 0 aromatic heterocycles. The van der Waals surface area contributed by atoms with Crippen molar-refractivity contribution in [2.45, 2.75) is 92.6 Å². The Morgan fingerprint density at radius 1 is 1.03 bits per heavy atom. The zero-order valence-electron chi connectivity index (χ0n) is 23.0. The Bertz CT molecular complexity index is 1040. The molecule has 1 amide bonds. The number of anilines is 1. The maximum atomic E-state index is 12.7. The number of phenolic OH excluding ortho intramolecular Hbond substituents is 1. The van der Waals surface area contributed by atoms with Crippen LogP contribution < -0.4 is 10.2 Å². The number of aliphatic hydroxyl groups is 1. The molecule has 0 bridgehead atoms. The first-order chi connectivity index (χ1) is 17.2. The van der Waals surface area contributed by atoms with E-state index in [2.05, 4.69) is 44.8 Å². The van der Waals surface area contributed by atoms with E-state index in [-0.39, 0.29) is 23.7 Å². The molecule has 3 N–H and O–H groups in total. The average molecular weight is 495 g/mol. The number of carbonyl (C=O) groups is 1. The van der Waals surface area contributed by atoms with Crippen molar-refractivity contribution in [2.75, 3.05) is 24.5 Å². The molecule has 5 heteroatoms. The quantitative estimate of drug-likeness (QED) is 0.289. The van der Waals surface area contributed by atoms with Crippen LogP contribution in [0.5, 0.6) is 5.75 Å². The number of carbonyl (C=O) groups excluding carboxylic acids is 1. The Morgan fingerprint density at radius 3 is 2.42 bits per heavy atom. The average Bonchev–Trinajstić information content (AvgIpc) is 3.27. The summed E-state index contributed by atoms with van der Waals surface area (Å²) >= 11 is 0. The fourth-order valence-corrected chi connectivity index (χ4v) is 5.61. The van der Waals surface area contributed by atoms with Crippen LogP contribution >= 0.6 is 0 Å². The smallest absolute Gasteiger partial charge is 0.255 e. The Balaban J connectivity index is 1.78. The largest absolute Gasteiger partial charge is 0.507 e. The molecular weight excluding hydrogens is 448 g/mol. The molecule has 0 fully saturated rings. The molecule has 0 saturated heterocycles. The lowest BCUT2D eigenvalue weighted by Crippen LogP contribution is -2.36. The summed E-state index contributed by atoms with van der Waals surface area (Å²) in [6.07, 6.45) is 9.57. The maximum Gasteiger partial charge on any atom is 0.255 e. The van der Waals surface area contributed by atoms with Crippen molar-refractivity contribution in [3.05, 3.63) is 57.6 Å². The van der Waals surface area contributed by atoms with Crippen LogP contribution in [0.2, 0.25) is 0 Å². The minimum absolute atomic E-state index is 0.00192. The van der Waals surface area contributed by atoms with E-state index in [1.165, 1.54) is 72.5 Å². The van der Waals surface area contributed by atoms with Gasteiger partial charge in [0.15, 0.2) is 0 Å². The van der Waals surface area contributed by atoms with Gasteiger partial charge in [0.25, 0.3) is 5.91 Å². The topological polar surface area (TPSA) is 72.8 Å². The van der Waals surface area contributed by atoms with Gasteiger partial charge in [-0.1, -0.05) is 65.0 Å². The van der Waals surface area contributed by atoms with Crippen LogP contribution in [0.25, 0.3) is 0 Å². The fourth-order valence-electron chi connectivity index (χ4n) is 5.61. The van der Waals surface area contributed by atoms with Crippen molar-refractivity contribution in [1.82, 2.24) is 5.32 Å². The molecule has 1 heterocycles. The highest BCUT2D eigenvalue weighted by Crippen LogP contribution is 2.41. The maximum absolute atomic E-state index is 12.7. The molecule has 198 valence electrons. The minimum Gasteiger partial charge on any atom is -0.507 e. The lowest BCUT2D eigenvalue weighted by molar-refractivity contribution is 0.0933. The van der Waals surface area contributed by atoms with Crippen molar-refractivity contribution in [1.29, 1.82) is 0 Å². The molecule has 0 radical (unpaired) electrons. The first kappa shape index (κ1) is 28.0. The molecule has 2 aromatic carbocycles. The van der Waals surface area contributed by atoms with Gasteiger partial charge >= 0.3 is 0 Å². The Hall–Kier alpha value is -2.53. The van der Waals surface area contributed by atoms with Gasteiger partial charge in [0, 0.05) is 25.3 Å². The number of hydrogen-bond acceptors (Lipinski definition) is 4. The number of hydrogen-bond donors (Lipinski definition) is 3. The van der Waals surface area contributed by atoms with Crippen molar-refractivity contribution < 1.29 is 15.0 Å². The second-order valence-electron chi connectivity index (χ2n) is 11.2. The van der Waals surface area contributed by atoms with Gasteiger partial charge in [-0.15, -0.1) is 0 Å². The Kier molecular flexibility index (Phi) is 9.84. The highest BCUT2D eigenvalue weighted by Gasteiger charge is 2.31. The van der Waals surface area contributed by atoms with E-state index in [1.807, 2.05) is 0 Å². The monoisotopic (exact) mass is 494 g/mol. The van der Waals surface area contributed by atoms with Crippen LogP contribution in [0, 0.1) is 19.3 Å². The molecule has 0 spiro atoms. The molecule has 3 rings (SSSR count). The Morgan fingerprint density at radius 2 is 1.72 bits per heavy atom. The van der Waals surface area contributed by atoms with E-state index in [0.717, 1.165) is 31.5 Å². The summed E-state index contributed by atoms with van der Waals surface area (Å²) in [5.41, 5.74) is 7.65. The Labute approximate surface area is 217 Å². The molecule has 2 aromatic rings. The molecule has 0 atom stereocenters. The van der Waals surface area contributed by atoms with E-state index in [1.54, 1.807) is 18.2 Å². The molecular formula is C31H46N2O3. The molecule has 0 unspecified atom stereocenters. The summed E-state index contributed by atoms with van der Waals surface area (Å²) < 4.78 is 0. The van der Waals surface area contributed by atoms with Crippen molar-refractivity contribution in [3.8, 4) is 5.75 Å². The zero-order valence-corrected chi connectivity index (χ0v) is 23.0. The first-order valence-electron chi connectivity index (χ1n) is 13.8. The number of phenols is 1. The number of nitrogens with zero attached hydrogens (tertiary/aromatic N) is 1. The van der Waals surface area contributed by atoms with E-state index < -0.39 is 0 Å². The second-order valence-corrected chi connectivity index (χ2v) is 11.2. The number of aromatic hydroxyl groups is 1.